The zero-order valence-electron chi connectivity index (χ0n) is 18.7. The lowest BCUT2D eigenvalue weighted by Crippen LogP contribution is -2.49. The molecule has 3 aromatic carbocycles. The highest BCUT2D eigenvalue weighted by molar-refractivity contribution is 6.15. The Labute approximate surface area is 198 Å². The van der Waals surface area contributed by atoms with E-state index in [1.54, 1.807) is 41.3 Å². The van der Waals surface area contributed by atoms with Crippen molar-refractivity contribution in [1.82, 2.24) is 15.1 Å². The molecule has 4 aromatic rings. The van der Waals surface area contributed by atoms with Crippen LogP contribution in [0.5, 0.6) is 0 Å². The number of piperazine rings is 1. The maximum Gasteiger partial charge on any atom is 0.254 e. The van der Waals surface area contributed by atoms with Crippen molar-refractivity contribution in [2.75, 3.05) is 31.1 Å². The molecule has 1 amide bonds. The molecule has 0 radical (unpaired) electrons. The lowest BCUT2D eigenvalue weighted by atomic mass is 9.97. The Morgan fingerprint density at radius 2 is 1.24 bits per heavy atom. The first kappa shape index (κ1) is 21.5. The van der Waals surface area contributed by atoms with Gasteiger partial charge in [0, 0.05) is 42.9 Å². The first-order chi connectivity index (χ1) is 16.7. The van der Waals surface area contributed by atoms with E-state index in [0.29, 0.717) is 42.9 Å². The fraction of sp³-hybridized carbons (Fsp3) is 0.143. The van der Waals surface area contributed by atoms with Gasteiger partial charge in [-0.1, -0.05) is 78.9 Å². The second-order valence-corrected chi connectivity index (χ2v) is 8.16. The maximum atomic E-state index is 13.3. The highest BCUT2D eigenvalue weighted by atomic mass is 16.2. The van der Waals surface area contributed by atoms with E-state index in [1.165, 1.54) is 0 Å². The van der Waals surface area contributed by atoms with Crippen LogP contribution in [0.2, 0.25) is 0 Å². The van der Waals surface area contributed by atoms with E-state index >= 15 is 0 Å². The molecule has 2 heterocycles. The van der Waals surface area contributed by atoms with E-state index in [9.17, 15) is 9.59 Å². The summed E-state index contributed by atoms with van der Waals surface area (Å²) in [6.07, 6.45) is 0. The molecule has 0 spiro atoms. The largest absolute Gasteiger partial charge is 0.352 e. The van der Waals surface area contributed by atoms with Crippen LogP contribution in [0, 0.1) is 0 Å². The Kier molecular flexibility index (Phi) is 6.12. The third-order valence-electron chi connectivity index (χ3n) is 6.05. The smallest absolute Gasteiger partial charge is 0.254 e. The number of amides is 1. The summed E-state index contributed by atoms with van der Waals surface area (Å²) in [6, 6.07) is 30.0. The second-order valence-electron chi connectivity index (χ2n) is 8.16. The summed E-state index contributed by atoms with van der Waals surface area (Å²) in [6.45, 7) is 2.41. The SMILES string of the molecule is O=C(c1ccccc1)c1ccccc1C(=O)N1CCN(c2ccc(-c3ccccc3)nn2)CC1. The molecule has 0 atom stereocenters. The van der Waals surface area contributed by atoms with Gasteiger partial charge >= 0.3 is 0 Å². The number of hydrogen-bond donors (Lipinski definition) is 0. The molecule has 1 saturated heterocycles. The van der Waals surface area contributed by atoms with Gasteiger partial charge in [0.15, 0.2) is 11.6 Å². The van der Waals surface area contributed by atoms with E-state index in [1.807, 2.05) is 60.7 Å². The van der Waals surface area contributed by atoms with E-state index in [0.717, 1.165) is 17.1 Å². The number of nitrogens with zero attached hydrogens (tertiary/aromatic N) is 4. The van der Waals surface area contributed by atoms with Crippen molar-refractivity contribution in [3.8, 4) is 11.3 Å². The van der Waals surface area contributed by atoms with Gasteiger partial charge in [-0.3, -0.25) is 9.59 Å². The van der Waals surface area contributed by atoms with Gasteiger partial charge in [-0.05, 0) is 18.2 Å². The first-order valence-electron chi connectivity index (χ1n) is 11.3. The minimum absolute atomic E-state index is 0.120. The molecule has 0 saturated carbocycles. The Bertz CT molecular complexity index is 1280. The Hall–Kier alpha value is -4.32. The number of carbonyl (C=O) groups is 2. The van der Waals surface area contributed by atoms with Crippen LogP contribution < -0.4 is 4.90 Å². The van der Waals surface area contributed by atoms with Crippen molar-refractivity contribution in [1.29, 1.82) is 0 Å². The quantitative estimate of drug-likeness (QED) is 0.425. The van der Waals surface area contributed by atoms with E-state index in [-0.39, 0.29) is 11.7 Å². The minimum Gasteiger partial charge on any atom is -0.352 e. The molecule has 0 aliphatic carbocycles. The average molecular weight is 449 g/mol. The fourth-order valence-corrected chi connectivity index (χ4v) is 4.18. The van der Waals surface area contributed by atoms with Crippen LogP contribution in [-0.2, 0) is 0 Å². The lowest BCUT2D eigenvalue weighted by Gasteiger charge is -2.35. The average Bonchev–Trinajstić information content (AvgIpc) is 2.93. The number of benzene rings is 3. The number of hydrogen-bond acceptors (Lipinski definition) is 5. The van der Waals surface area contributed by atoms with Crippen molar-refractivity contribution < 1.29 is 9.59 Å². The van der Waals surface area contributed by atoms with Gasteiger partial charge in [0.05, 0.1) is 11.3 Å². The summed E-state index contributed by atoms with van der Waals surface area (Å²) < 4.78 is 0. The fourth-order valence-electron chi connectivity index (χ4n) is 4.18. The van der Waals surface area contributed by atoms with E-state index in [4.69, 9.17) is 0 Å². The number of ketones is 1. The molecule has 0 N–H and O–H groups in total. The second kappa shape index (κ2) is 9.67. The van der Waals surface area contributed by atoms with Crippen LogP contribution >= 0.6 is 0 Å². The maximum absolute atomic E-state index is 13.3. The molecule has 1 aliphatic heterocycles. The Morgan fingerprint density at radius 1 is 0.618 bits per heavy atom. The topological polar surface area (TPSA) is 66.4 Å². The third kappa shape index (κ3) is 4.43. The van der Waals surface area contributed by atoms with Crippen LogP contribution in [0.4, 0.5) is 5.82 Å². The van der Waals surface area contributed by atoms with Crippen molar-refractivity contribution >= 4 is 17.5 Å². The predicted octanol–water partition coefficient (Wildman–Crippen LogP) is 4.34. The minimum atomic E-state index is -0.142. The van der Waals surface area contributed by atoms with Gasteiger partial charge in [0.25, 0.3) is 5.91 Å². The van der Waals surface area contributed by atoms with Crippen LogP contribution in [-0.4, -0.2) is 53.0 Å². The van der Waals surface area contributed by atoms with Gasteiger partial charge in [0.1, 0.15) is 0 Å². The van der Waals surface area contributed by atoms with Gasteiger partial charge in [-0.25, -0.2) is 0 Å². The lowest BCUT2D eigenvalue weighted by molar-refractivity contribution is 0.0742. The molecule has 0 bridgehead atoms. The molecule has 0 unspecified atom stereocenters. The molecule has 168 valence electrons. The Morgan fingerprint density at radius 3 is 1.88 bits per heavy atom. The molecular weight excluding hydrogens is 424 g/mol. The zero-order chi connectivity index (χ0) is 23.3. The predicted molar refractivity (Wildman–Crippen MR) is 132 cm³/mol. The molecular formula is C28H24N4O2. The highest BCUT2D eigenvalue weighted by Crippen LogP contribution is 2.21. The highest BCUT2D eigenvalue weighted by Gasteiger charge is 2.26. The number of carbonyl (C=O) groups excluding carboxylic acids is 2. The summed E-state index contributed by atoms with van der Waals surface area (Å²) in [5, 5.41) is 8.78. The van der Waals surface area contributed by atoms with Crippen molar-refractivity contribution in [3.63, 3.8) is 0 Å². The molecule has 1 aromatic heterocycles. The molecule has 1 aliphatic rings. The Balaban J connectivity index is 1.27. The molecule has 6 heteroatoms. The monoisotopic (exact) mass is 448 g/mol. The van der Waals surface area contributed by atoms with E-state index in [2.05, 4.69) is 15.1 Å². The van der Waals surface area contributed by atoms with Crippen LogP contribution in [0.25, 0.3) is 11.3 Å². The molecule has 1 fully saturated rings. The van der Waals surface area contributed by atoms with Gasteiger partial charge in [-0.15, -0.1) is 10.2 Å². The van der Waals surface area contributed by atoms with Gasteiger partial charge in [-0.2, -0.15) is 0 Å². The van der Waals surface area contributed by atoms with Crippen molar-refractivity contribution in [2.24, 2.45) is 0 Å². The van der Waals surface area contributed by atoms with E-state index < -0.39 is 0 Å². The first-order valence-corrected chi connectivity index (χ1v) is 11.3. The number of anilines is 1. The van der Waals surface area contributed by atoms with Crippen molar-refractivity contribution in [3.05, 3.63) is 114 Å². The van der Waals surface area contributed by atoms with Crippen LogP contribution in [0.15, 0.2) is 97.1 Å². The standard InChI is InChI=1S/C28H24N4O2/c33-27(22-11-5-2-6-12-22)23-13-7-8-14-24(23)28(34)32-19-17-31(18-20-32)26-16-15-25(29-30-26)21-9-3-1-4-10-21/h1-16H,17-20H2. The summed E-state index contributed by atoms with van der Waals surface area (Å²) in [5.41, 5.74) is 3.31. The molecule has 6 nitrogen and oxygen atoms in total. The van der Waals surface area contributed by atoms with Crippen LogP contribution in [0.3, 0.4) is 0 Å². The molecule has 5 rings (SSSR count). The van der Waals surface area contributed by atoms with Crippen LogP contribution in [0.1, 0.15) is 26.3 Å². The number of aromatic nitrogens is 2. The summed E-state index contributed by atoms with van der Waals surface area (Å²) in [5.74, 6) is 0.536. The zero-order valence-corrected chi connectivity index (χ0v) is 18.7. The van der Waals surface area contributed by atoms with Crippen molar-refractivity contribution in [2.45, 2.75) is 0 Å². The van der Waals surface area contributed by atoms with Gasteiger partial charge < -0.3 is 9.80 Å². The molecule has 34 heavy (non-hydrogen) atoms. The normalized spacial score (nSPS) is 13.5. The summed E-state index contributed by atoms with van der Waals surface area (Å²) in [4.78, 5) is 30.3. The number of rotatable bonds is 5. The summed E-state index contributed by atoms with van der Waals surface area (Å²) in [7, 11) is 0. The summed E-state index contributed by atoms with van der Waals surface area (Å²) >= 11 is 0. The van der Waals surface area contributed by atoms with Gasteiger partial charge in [0.2, 0.25) is 0 Å². The third-order valence-corrected chi connectivity index (χ3v) is 6.05.